The van der Waals surface area contributed by atoms with Gasteiger partial charge in [0.2, 0.25) is 0 Å². The highest BCUT2D eigenvalue weighted by atomic mass is 79.9. The molecule has 1 heterocycles. The van der Waals surface area contributed by atoms with Gasteiger partial charge >= 0.3 is 0 Å². The number of hydrogen-bond acceptors (Lipinski definition) is 3. The van der Waals surface area contributed by atoms with Gasteiger partial charge in [-0.3, -0.25) is 4.68 Å². The van der Waals surface area contributed by atoms with E-state index in [1.165, 1.54) is 0 Å². The molecule has 4 nitrogen and oxygen atoms in total. The van der Waals surface area contributed by atoms with E-state index in [9.17, 15) is 0 Å². The fourth-order valence-corrected chi connectivity index (χ4v) is 2.39. The average Bonchev–Trinajstić information content (AvgIpc) is 2.67. The van der Waals surface area contributed by atoms with Crippen molar-refractivity contribution in [2.75, 3.05) is 7.11 Å². The van der Waals surface area contributed by atoms with Crippen LogP contribution in [0.4, 0.5) is 0 Å². The lowest BCUT2D eigenvalue weighted by Crippen LogP contribution is -2.19. The first-order valence-electron chi connectivity index (χ1n) is 6.09. The summed E-state index contributed by atoms with van der Waals surface area (Å²) in [7, 11) is 1.73. The van der Waals surface area contributed by atoms with Gasteiger partial charge in [0.1, 0.15) is 0 Å². The van der Waals surface area contributed by atoms with Gasteiger partial charge in [-0.25, -0.2) is 0 Å². The number of nitrogens with zero attached hydrogens (tertiary/aromatic N) is 2. The zero-order valence-electron chi connectivity index (χ0n) is 10.8. The molecule has 0 spiro atoms. The fraction of sp³-hybridized carbons (Fsp3) is 0.750. The van der Waals surface area contributed by atoms with Crippen molar-refractivity contribution in [3.8, 4) is 0 Å². The maximum absolute atomic E-state index is 6.23. The molecular formula is C12H22BrN3O. The summed E-state index contributed by atoms with van der Waals surface area (Å²) in [6.45, 7) is 5.11. The van der Waals surface area contributed by atoms with Crippen LogP contribution in [-0.4, -0.2) is 23.0 Å². The van der Waals surface area contributed by atoms with Gasteiger partial charge in [0.25, 0.3) is 0 Å². The van der Waals surface area contributed by atoms with Crippen LogP contribution in [-0.2, 0) is 11.3 Å². The molecule has 1 aromatic heterocycles. The minimum absolute atomic E-state index is 0.0102. The van der Waals surface area contributed by atoms with Gasteiger partial charge in [-0.2, -0.15) is 5.10 Å². The standard InChI is InChI=1S/C12H22BrN3O/c1-4-7-16-12(10(13)8-15-16)11(14)6-5-9(2)17-3/h8-9,11H,4-7,14H2,1-3H3. The van der Waals surface area contributed by atoms with Crippen LogP contribution in [0.25, 0.3) is 0 Å². The summed E-state index contributed by atoms with van der Waals surface area (Å²) in [5.74, 6) is 0. The van der Waals surface area contributed by atoms with Gasteiger partial charge in [0.05, 0.1) is 22.5 Å². The van der Waals surface area contributed by atoms with Crippen molar-refractivity contribution in [2.24, 2.45) is 5.73 Å². The maximum Gasteiger partial charge on any atom is 0.0693 e. The first-order valence-corrected chi connectivity index (χ1v) is 6.89. The first-order chi connectivity index (χ1) is 8.10. The van der Waals surface area contributed by atoms with Crippen LogP contribution in [0.2, 0.25) is 0 Å². The third-order valence-corrected chi connectivity index (χ3v) is 3.52. The molecule has 0 saturated carbocycles. The van der Waals surface area contributed by atoms with Crippen molar-refractivity contribution >= 4 is 15.9 Å². The summed E-state index contributed by atoms with van der Waals surface area (Å²) in [6, 6.07) is 0.0102. The molecule has 5 heteroatoms. The molecule has 2 atom stereocenters. The molecule has 0 aliphatic carbocycles. The Balaban J connectivity index is 2.66. The molecule has 0 aliphatic heterocycles. The number of aromatic nitrogens is 2. The van der Waals surface area contributed by atoms with E-state index in [1.54, 1.807) is 7.11 Å². The first kappa shape index (κ1) is 14.7. The van der Waals surface area contributed by atoms with Crippen LogP contribution in [0.1, 0.15) is 44.8 Å². The summed E-state index contributed by atoms with van der Waals surface area (Å²) in [4.78, 5) is 0. The van der Waals surface area contributed by atoms with E-state index in [0.29, 0.717) is 0 Å². The molecule has 0 aromatic carbocycles. The molecular weight excluding hydrogens is 282 g/mol. The summed E-state index contributed by atoms with van der Waals surface area (Å²) in [6.07, 6.45) is 5.00. The minimum atomic E-state index is 0.0102. The molecule has 0 saturated heterocycles. The van der Waals surface area contributed by atoms with E-state index in [0.717, 1.165) is 36.0 Å². The Morgan fingerprint density at radius 2 is 2.24 bits per heavy atom. The van der Waals surface area contributed by atoms with Crippen molar-refractivity contribution in [1.82, 2.24) is 9.78 Å². The number of aryl methyl sites for hydroxylation is 1. The van der Waals surface area contributed by atoms with E-state index >= 15 is 0 Å². The molecule has 0 aliphatic rings. The third-order valence-electron chi connectivity index (χ3n) is 2.91. The Morgan fingerprint density at radius 1 is 1.53 bits per heavy atom. The van der Waals surface area contributed by atoms with Gasteiger partial charge in [-0.1, -0.05) is 6.92 Å². The SMILES string of the molecule is CCCn1ncc(Br)c1C(N)CCC(C)OC. The highest BCUT2D eigenvalue weighted by Gasteiger charge is 2.17. The van der Waals surface area contributed by atoms with Gasteiger partial charge < -0.3 is 10.5 Å². The predicted molar refractivity (Wildman–Crippen MR) is 72.9 cm³/mol. The van der Waals surface area contributed by atoms with Crippen LogP contribution in [0.5, 0.6) is 0 Å². The van der Waals surface area contributed by atoms with Crippen molar-refractivity contribution in [2.45, 2.75) is 51.8 Å². The van der Waals surface area contributed by atoms with E-state index in [1.807, 2.05) is 10.9 Å². The van der Waals surface area contributed by atoms with Crippen LogP contribution < -0.4 is 5.73 Å². The lowest BCUT2D eigenvalue weighted by atomic mass is 10.1. The second-order valence-electron chi connectivity index (χ2n) is 4.33. The van der Waals surface area contributed by atoms with Crippen molar-refractivity contribution in [3.63, 3.8) is 0 Å². The fourth-order valence-electron chi connectivity index (χ4n) is 1.80. The quantitative estimate of drug-likeness (QED) is 0.842. The Hall–Kier alpha value is -0.390. The number of rotatable bonds is 7. The van der Waals surface area contributed by atoms with Crippen LogP contribution in [0.3, 0.4) is 0 Å². The van der Waals surface area contributed by atoms with Crippen LogP contribution in [0.15, 0.2) is 10.7 Å². The lowest BCUT2D eigenvalue weighted by molar-refractivity contribution is 0.107. The Kier molecular flexibility index (Phi) is 6.16. The van der Waals surface area contributed by atoms with Crippen molar-refractivity contribution in [3.05, 3.63) is 16.4 Å². The summed E-state index contributed by atoms with van der Waals surface area (Å²) in [5.41, 5.74) is 7.32. The topological polar surface area (TPSA) is 53.1 Å². The number of ether oxygens (including phenoxy) is 1. The molecule has 2 unspecified atom stereocenters. The number of methoxy groups -OCH3 is 1. The lowest BCUT2D eigenvalue weighted by Gasteiger charge is -2.16. The van der Waals surface area contributed by atoms with E-state index < -0.39 is 0 Å². The highest BCUT2D eigenvalue weighted by Crippen LogP contribution is 2.25. The zero-order valence-corrected chi connectivity index (χ0v) is 12.4. The molecule has 2 N–H and O–H groups in total. The minimum Gasteiger partial charge on any atom is -0.382 e. The van der Waals surface area contributed by atoms with Crippen LogP contribution >= 0.6 is 15.9 Å². The van der Waals surface area contributed by atoms with E-state index in [4.69, 9.17) is 10.5 Å². The number of halogens is 1. The predicted octanol–water partition coefficient (Wildman–Crippen LogP) is 2.87. The molecule has 98 valence electrons. The monoisotopic (exact) mass is 303 g/mol. The molecule has 1 rings (SSSR count). The molecule has 0 bridgehead atoms. The third kappa shape index (κ3) is 4.08. The van der Waals surface area contributed by atoms with Gasteiger partial charge in [0.15, 0.2) is 0 Å². The normalized spacial score (nSPS) is 14.9. The summed E-state index contributed by atoms with van der Waals surface area (Å²) in [5, 5.41) is 4.33. The molecule has 0 amide bonds. The largest absolute Gasteiger partial charge is 0.382 e. The highest BCUT2D eigenvalue weighted by molar-refractivity contribution is 9.10. The molecule has 1 aromatic rings. The second kappa shape index (κ2) is 7.13. The Bertz CT molecular complexity index is 340. The summed E-state index contributed by atoms with van der Waals surface area (Å²) < 4.78 is 8.23. The average molecular weight is 304 g/mol. The molecule has 0 fully saturated rings. The van der Waals surface area contributed by atoms with Crippen molar-refractivity contribution < 1.29 is 4.74 Å². The van der Waals surface area contributed by atoms with Gasteiger partial charge in [-0.15, -0.1) is 0 Å². The van der Waals surface area contributed by atoms with Crippen molar-refractivity contribution in [1.29, 1.82) is 0 Å². The smallest absolute Gasteiger partial charge is 0.0693 e. The van der Waals surface area contributed by atoms with E-state index in [2.05, 4.69) is 34.9 Å². The molecule has 17 heavy (non-hydrogen) atoms. The van der Waals surface area contributed by atoms with Gasteiger partial charge in [0, 0.05) is 19.7 Å². The maximum atomic E-state index is 6.23. The Morgan fingerprint density at radius 3 is 2.82 bits per heavy atom. The number of nitrogens with two attached hydrogens (primary N) is 1. The second-order valence-corrected chi connectivity index (χ2v) is 5.19. The zero-order chi connectivity index (χ0) is 12.8. The van der Waals surface area contributed by atoms with E-state index in [-0.39, 0.29) is 12.1 Å². The number of hydrogen-bond donors (Lipinski definition) is 1. The Labute approximate surface area is 112 Å². The molecule has 0 radical (unpaired) electrons. The summed E-state index contributed by atoms with van der Waals surface area (Å²) >= 11 is 3.52. The van der Waals surface area contributed by atoms with Gasteiger partial charge in [-0.05, 0) is 42.1 Å². The van der Waals surface area contributed by atoms with Crippen LogP contribution in [0, 0.1) is 0 Å².